The maximum atomic E-state index is 11.4. The molecule has 1 saturated carbocycles. The van der Waals surface area contributed by atoms with Gasteiger partial charge in [0.2, 0.25) is 0 Å². The molecule has 0 bridgehead atoms. The predicted octanol–water partition coefficient (Wildman–Crippen LogP) is 1.99. The fraction of sp³-hybridized carbons (Fsp3) is 0.692. The maximum absolute atomic E-state index is 11.4. The third kappa shape index (κ3) is 3.56. The molecule has 0 heterocycles. The van der Waals surface area contributed by atoms with E-state index in [9.17, 15) is 10.1 Å². The highest BCUT2D eigenvalue weighted by atomic mass is 16.5. The van der Waals surface area contributed by atoms with Crippen molar-refractivity contribution in [2.24, 2.45) is 10.9 Å². The van der Waals surface area contributed by atoms with Gasteiger partial charge in [-0.2, -0.15) is 10.5 Å². The molecule has 1 rings (SSSR count). The van der Waals surface area contributed by atoms with Crippen LogP contribution in [-0.4, -0.2) is 24.3 Å². The Hall–Kier alpha value is -1.88. The van der Waals surface area contributed by atoms with Gasteiger partial charge in [0.1, 0.15) is 5.54 Å². The number of carbonyl (C=O) groups is 1. The first-order valence-corrected chi connectivity index (χ1v) is 6.20. The molecular formula is C13H17N3O2. The molecule has 0 aromatic heterocycles. The zero-order chi connectivity index (χ0) is 13.4. The quantitative estimate of drug-likeness (QED) is 0.561. The lowest BCUT2D eigenvalue weighted by Gasteiger charge is -2.26. The van der Waals surface area contributed by atoms with Crippen LogP contribution in [0.3, 0.4) is 0 Å². The van der Waals surface area contributed by atoms with Gasteiger partial charge >= 0.3 is 5.97 Å². The number of aliphatic imine (C=N–C) groups is 1. The maximum Gasteiger partial charge on any atom is 0.328 e. The van der Waals surface area contributed by atoms with Gasteiger partial charge in [-0.15, -0.1) is 0 Å². The van der Waals surface area contributed by atoms with Crippen LogP contribution in [0.15, 0.2) is 4.99 Å². The highest BCUT2D eigenvalue weighted by Crippen LogP contribution is 2.30. The van der Waals surface area contributed by atoms with Crippen molar-refractivity contribution in [3.05, 3.63) is 0 Å². The molecule has 0 aromatic rings. The Kier molecular flexibility index (Phi) is 5.32. The number of nitrogens with zero attached hydrogens (tertiary/aromatic N) is 3. The second kappa shape index (κ2) is 6.76. The van der Waals surface area contributed by atoms with Gasteiger partial charge < -0.3 is 4.74 Å². The van der Waals surface area contributed by atoms with Crippen molar-refractivity contribution in [2.45, 2.75) is 44.6 Å². The van der Waals surface area contributed by atoms with Gasteiger partial charge in [0.15, 0.2) is 5.92 Å². The molecule has 0 saturated heterocycles. The van der Waals surface area contributed by atoms with E-state index in [1.165, 1.54) is 6.21 Å². The molecule has 0 amide bonds. The van der Waals surface area contributed by atoms with Gasteiger partial charge in [-0.05, 0) is 32.6 Å². The summed E-state index contributed by atoms with van der Waals surface area (Å²) >= 11 is 0. The second-order valence-corrected chi connectivity index (χ2v) is 4.34. The minimum absolute atomic E-state index is 0.230. The summed E-state index contributed by atoms with van der Waals surface area (Å²) in [4.78, 5) is 15.6. The first kappa shape index (κ1) is 14.2. The average molecular weight is 247 g/mol. The van der Waals surface area contributed by atoms with E-state index in [-0.39, 0.29) is 6.61 Å². The molecule has 0 aromatic carbocycles. The summed E-state index contributed by atoms with van der Waals surface area (Å²) < 4.78 is 4.77. The van der Waals surface area contributed by atoms with E-state index in [4.69, 9.17) is 10.00 Å². The Morgan fingerprint density at radius 1 is 1.44 bits per heavy atom. The molecule has 96 valence electrons. The molecule has 0 spiro atoms. The summed E-state index contributed by atoms with van der Waals surface area (Å²) in [7, 11) is 0. The molecule has 0 unspecified atom stereocenters. The summed E-state index contributed by atoms with van der Waals surface area (Å²) in [6, 6.07) is 4.04. The first-order chi connectivity index (χ1) is 8.67. The van der Waals surface area contributed by atoms with Crippen LogP contribution in [0, 0.1) is 28.6 Å². The van der Waals surface area contributed by atoms with E-state index in [0.29, 0.717) is 12.8 Å². The number of rotatable bonds is 4. The molecule has 0 radical (unpaired) electrons. The lowest BCUT2D eigenvalue weighted by atomic mass is 9.83. The van der Waals surface area contributed by atoms with E-state index >= 15 is 0 Å². The average Bonchev–Trinajstić information content (AvgIpc) is 2.41. The van der Waals surface area contributed by atoms with Crippen molar-refractivity contribution < 1.29 is 9.53 Å². The molecule has 1 aliphatic carbocycles. The van der Waals surface area contributed by atoms with Gasteiger partial charge in [-0.1, -0.05) is 6.42 Å². The fourth-order valence-electron chi connectivity index (χ4n) is 2.00. The Bertz CT molecular complexity index is 397. The number of nitriles is 2. The number of hydrogen-bond donors (Lipinski definition) is 0. The number of ether oxygens (including phenoxy) is 1. The van der Waals surface area contributed by atoms with Crippen LogP contribution in [0.25, 0.3) is 0 Å². The van der Waals surface area contributed by atoms with E-state index in [1.807, 2.05) is 6.07 Å². The van der Waals surface area contributed by atoms with Crippen molar-refractivity contribution in [1.29, 1.82) is 10.5 Å². The third-order valence-corrected chi connectivity index (χ3v) is 3.04. The number of hydrogen-bond acceptors (Lipinski definition) is 5. The second-order valence-electron chi connectivity index (χ2n) is 4.34. The topological polar surface area (TPSA) is 86.2 Å². The summed E-state index contributed by atoms with van der Waals surface area (Å²) in [6.45, 7) is 1.91. The highest BCUT2D eigenvalue weighted by Gasteiger charge is 2.31. The van der Waals surface area contributed by atoms with Gasteiger partial charge in [0.25, 0.3) is 0 Å². The number of esters is 1. The van der Waals surface area contributed by atoms with Crippen LogP contribution in [0.1, 0.15) is 39.0 Å². The van der Waals surface area contributed by atoms with Crippen LogP contribution in [0.5, 0.6) is 0 Å². The van der Waals surface area contributed by atoms with Gasteiger partial charge in [0, 0.05) is 6.21 Å². The zero-order valence-electron chi connectivity index (χ0n) is 10.6. The molecule has 1 aliphatic rings. The smallest absolute Gasteiger partial charge is 0.328 e. The Balaban J connectivity index is 2.73. The Labute approximate surface area is 107 Å². The lowest BCUT2D eigenvalue weighted by molar-refractivity contribution is -0.143. The minimum Gasteiger partial charge on any atom is -0.465 e. The zero-order valence-corrected chi connectivity index (χ0v) is 10.6. The molecule has 5 nitrogen and oxygen atoms in total. The lowest BCUT2D eigenvalue weighted by Crippen LogP contribution is -2.29. The molecule has 0 N–H and O–H groups in total. The fourth-order valence-corrected chi connectivity index (χ4v) is 2.00. The highest BCUT2D eigenvalue weighted by molar-refractivity contribution is 5.93. The van der Waals surface area contributed by atoms with Crippen LogP contribution < -0.4 is 0 Å². The molecular weight excluding hydrogens is 230 g/mol. The Morgan fingerprint density at radius 2 is 2.11 bits per heavy atom. The van der Waals surface area contributed by atoms with E-state index < -0.39 is 17.4 Å². The van der Waals surface area contributed by atoms with Crippen LogP contribution in [0.2, 0.25) is 0 Å². The summed E-state index contributed by atoms with van der Waals surface area (Å²) in [5.74, 6) is -1.62. The van der Waals surface area contributed by atoms with Gasteiger partial charge in [0.05, 0.1) is 18.7 Å². The number of carbonyl (C=O) groups excluding carboxylic acids is 1. The van der Waals surface area contributed by atoms with Crippen LogP contribution >= 0.6 is 0 Å². The standard InChI is InChI=1S/C13H17N3O2/c1-2-18-12(17)11(8-14)9-16-13(10-15)6-4-3-5-7-13/h9,11H,2-7H2,1H3/t11-/m1/s1. The summed E-state index contributed by atoms with van der Waals surface area (Å²) in [6.07, 6.45) is 5.69. The Morgan fingerprint density at radius 3 is 2.61 bits per heavy atom. The van der Waals surface area contributed by atoms with E-state index in [2.05, 4.69) is 11.1 Å². The monoisotopic (exact) mass is 247 g/mol. The van der Waals surface area contributed by atoms with Crippen molar-refractivity contribution in [2.75, 3.05) is 6.61 Å². The van der Waals surface area contributed by atoms with E-state index in [0.717, 1.165) is 19.3 Å². The van der Waals surface area contributed by atoms with Gasteiger partial charge in [-0.3, -0.25) is 9.79 Å². The van der Waals surface area contributed by atoms with Crippen molar-refractivity contribution in [3.63, 3.8) is 0 Å². The molecule has 0 aliphatic heterocycles. The van der Waals surface area contributed by atoms with Gasteiger partial charge in [-0.25, -0.2) is 0 Å². The van der Waals surface area contributed by atoms with Crippen LogP contribution in [0.4, 0.5) is 0 Å². The SMILES string of the molecule is CCOC(=O)[C@H](C#N)C=NC1(C#N)CCCCC1. The normalized spacial score (nSPS) is 19.7. The van der Waals surface area contributed by atoms with Crippen molar-refractivity contribution >= 4 is 12.2 Å². The molecule has 1 atom stereocenters. The van der Waals surface area contributed by atoms with Crippen LogP contribution in [-0.2, 0) is 9.53 Å². The molecule has 18 heavy (non-hydrogen) atoms. The molecule has 1 fully saturated rings. The molecule has 5 heteroatoms. The third-order valence-electron chi connectivity index (χ3n) is 3.04. The van der Waals surface area contributed by atoms with E-state index in [1.54, 1.807) is 6.92 Å². The first-order valence-electron chi connectivity index (χ1n) is 6.20. The van der Waals surface area contributed by atoms with Crippen molar-refractivity contribution in [1.82, 2.24) is 0 Å². The summed E-state index contributed by atoms with van der Waals surface area (Å²) in [5, 5.41) is 18.1. The predicted molar refractivity (Wildman–Crippen MR) is 65.7 cm³/mol. The largest absolute Gasteiger partial charge is 0.465 e. The van der Waals surface area contributed by atoms with Crippen molar-refractivity contribution in [3.8, 4) is 12.1 Å². The summed E-state index contributed by atoms with van der Waals surface area (Å²) in [5.41, 5.74) is -0.750. The minimum atomic E-state index is -1.02.